The molecular formula is C19H18N2O6. The van der Waals surface area contributed by atoms with Crippen LogP contribution in [0.4, 0.5) is 0 Å². The van der Waals surface area contributed by atoms with Crippen LogP contribution >= 0.6 is 0 Å². The molecule has 0 unspecified atom stereocenters. The van der Waals surface area contributed by atoms with E-state index in [1.54, 1.807) is 20.8 Å². The molecule has 2 heterocycles. The van der Waals surface area contributed by atoms with Gasteiger partial charge in [0.2, 0.25) is 0 Å². The van der Waals surface area contributed by atoms with Crippen molar-refractivity contribution in [3.05, 3.63) is 55.6 Å². The predicted octanol–water partition coefficient (Wildman–Crippen LogP) is 2.03. The van der Waals surface area contributed by atoms with Crippen LogP contribution in [0.2, 0.25) is 0 Å². The first kappa shape index (κ1) is 18.4. The van der Waals surface area contributed by atoms with Crippen LogP contribution < -0.4 is 10.9 Å². The van der Waals surface area contributed by atoms with E-state index in [2.05, 4.69) is 9.97 Å². The zero-order valence-electron chi connectivity index (χ0n) is 15.1. The molecule has 0 spiro atoms. The minimum atomic E-state index is -0.648. The van der Waals surface area contributed by atoms with Gasteiger partial charge in [-0.1, -0.05) is 0 Å². The van der Waals surface area contributed by atoms with Crippen LogP contribution in [-0.4, -0.2) is 35.1 Å². The fourth-order valence-corrected chi connectivity index (χ4v) is 2.93. The summed E-state index contributed by atoms with van der Waals surface area (Å²) in [6.07, 6.45) is 0. The topological polar surface area (TPSA) is 118 Å². The molecule has 3 rings (SSSR count). The maximum Gasteiger partial charge on any atom is 0.354 e. The fourth-order valence-electron chi connectivity index (χ4n) is 2.93. The number of aromatic amines is 2. The number of carbonyl (C=O) groups is 2. The lowest BCUT2D eigenvalue weighted by Gasteiger charge is -2.10. The van der Waals surface area contributed by atoms with Gasteiger partial charge >= 0.3 is 11.9 Å². The molecule has 0 atom stereocenters. The van der Waals surface area contributed by atoms with Crippen molar-refractivity contribution in [2.75, 3.05) is 13.2 Å². The van der Waals surface area contributed by atoms with Gasteiger partial charge < -0.3 is 19.4 Å². The number of benzene rings is 1. The van der Waals surface area contributed by atoms with E-state index >= 15 is 0 Å². The molecule has 8 nitrogen and oxygen atoms in total. The van der Waals surface area contributed by atoms with E-state index in [0.29, 0.717) is 16.6 Å². The highest BCUT2D eigenvalue weighted by Gasteiger charge is 2.17. The molecule has 0 aliphatic rings. The average molecular weight is 370 g/mol. The van der Waals surface area contributed by atoms with Crippen LogP contribution in [0.3, 0.4) is 0 Å². The highest BCUT2D eigenvalue weighted by Crippen LogP contribution is 2.22. The number of pyridine rings is 2. The minimum Gasteiger partial charge on any atom is -0.461 e. The standard InChI is InChI=1S/C19H18N2O6/c1-4-26-18(24)12-7-14(22)10-6-11-15(23)8-13(19(25)27-5-2)21-17(11)9(3)16(10)20-12/h6-8H,4-5H2,1-3H3,(H,20,22)(H,21,23). The molecule has 0 fully saturated rings. The van der Waals surface area contributed by atoms with E-state index in [1.807, 2.05) is 0 Å². The van der Waals surface area contributed by atoms with Gasteiger partial charge in [-0.15, -0.1) is 0 Å². The molecule has 0 aliphatic carbocycles. The Morgan fingerprint density at radius 3 is 1.59 bits per heavy atom. The van der Waals surface area contributed by atoms with Crippen LogP contribution in [0.15, 0.2) is 27.8 Å². The van der Waals surface area contributed by atoms with Crippen molar-refractivity contribution in [3.8, 4) is 0 Å². The largest absolute Gasteiger partial charge is 0.461 e. The van der Waals surface area contributed by atoms with E-state index in [-0.39, 0.29) is 35.4 Å². The Balaban J connectivity index is 2.33. The first-order valence-corrected chi connectivity index (χ1v) is 8.45. The molecule has 0 amide bonds. The number of aryl methyl sites for hydroxylation is 1. The number of hydrogen-bond donors (Lipinski definition) is 2. The summed E-state index contributed by atoms with van der Waals surface area (Å²) in [5.41, 5.74) is 0.496. The summed E-state index contributed by atoms with van der Waals surface area (Å²) in [5.74, 6) is -1.30. The molecule has 3 aromatic rings. The first-order valence-electron chi connectivity index (χ1n) is 8.45. The number of fused-ring (bicyclic) bond motifs is 2. The van der Waals surface area contributed by atoms with E-state index in [9.17, 15) is 19.2 Å². The molecular weight excluding hydrogens is 352 g/mol. The summed E-state index contributed by atoms with van der Waals surface area (Å²) < 4.78 is 9.86. The maximum atomic E-state index is 12.5. The highest BCUT2D eigenvalue weighted by molar-refractivity contribution is 6.01. The Bertz CT molecular complexity index is 1100. The molecule has 0 saturated heterocycles. The number of H-pyrrole nitrogens is 2. The van der Waals surface area contributed by atoms with Crippen molar-refractivity contribution in [3.63, 3.8) is 0 Å². The van der Waals surface area contributed by atoms with Crippen molar-refractivity contribution in [1.29, 1.82) is 0 Å². The van der Waals surface area contributed by atoms with Crippen LogP contribution in [0, 0.1) is 6.92 Å². The van der Waals surface area contributed by atoms with Crippen LogP contribution in [0.25, 0.3) is 21.8 Å². The Morgan fingerprint density at radius 2 is 1.22 bits per heavy atom. The SMILES string of the molecule is CCOC(=O)c1cc(=O)c2cc3c(=O)cc(C(=O)OCC)[nH]c3c(C)c2[nH]1. The number of carbonyl (C=O) groups excluding carboxylic acids is 2. The second-order valence-corrected chi connectivity index (χ2v) is 5.88. The lowest BCUT2D eigenvalue weighted by atomic mass is 10.0. The second-order valence-electron chi connectivity index (χ2n) is 5.88. The third-order valence-corrected chi connectivity index (χ3v) is 4.17. The summed E-state index contributed by atoms with van der Waals surface area (Å²) in [7, 11) is 0. The van der Waals surface area contributed by atoms with Crippen molar-refractivity contribution < 1.29 is 19.1 Å². The van der Waals surface area contributed by atoms with Gasteiger partial charge in [-0.2, -0.15) is 0 Å². The molecule has 140 valence electrons. The normalized spacial score (nSPS) is 10.9. The summed E-state index contributed by atoms with van der Waals surface area (Å²) in [4.78, 5) is 54.7. The van der Waals surface area contributed by atoms with Crippen LogP contribution in [0.1, 0.15) is 40.4 Å². The van der Waals surface area contributed by atoms with Crippen molar-refractivity contribution in [1.82, 2.24) is 9.97 Å². The number of rotatable bonds is 4. The lowest BCUT2D eigenvalue weighted by Crippen LogP contribution is -2.16. The molecule has 1 aromatic carbocycles. The predicted molar refractivity (Wildman–Crippen MR) is 99.3 cm³/mol. The molecule has 2 aromatic heterocycles. The number of esters is 2. The van der Waals surface area contributed by atoms with Gasteiger partial charge in [0.05, 0.1) is 24.2 Å². The van der Waals surface area contributed by atoms with Crippen molar-refractivity contribution in [2.24, 2.45) is 0 Å². The fraction of sp³-hybridized carbons (Fsp3) is 0.263. The van der Waals surface area contributed by atoms with Gasteiger partial charge in [0.25, 0.3) is 0 Å². The summed E-state index contributed by atoms with van der Waals surface area (Å²) in [5, 5.41) is 0.532. The third-order valence-electron chi connectivity index (χ3n) is 4.17. The molecule has 0 saturated carbocycles. The second kappa shape index (κ2) is 7.06. The monoisotopic (exact) mass is 370 g/mol. The van der Waals surface area contributed by atoms with Gasteiger partial charge in [0, 0.05) is 22.9 Å². The van der Waals surface area contributed by atoms with E-state index in [0.717, 1.165) is 12.1 Å². The van der Waals surface area contributed by atoms with Gasteiger partial charge in [-0.05, 0) is 32.4 Å². The van der Waals surface area contributed by atoms with E-state index < -0.39 is 22.8 Å². The lowest BCUT2D eigenvalue weighted by molar-refractivity contribution is 0.0510. The number of hydrogen-bond acceptors (Lipinski definition) is 6. The van der Waals surface area contributed by atoms with E-state index in [4.69, 9.17) is 9.47 Å². The Kier molecular flexibility index (Phi) is 4.81. The molecule has 0 aliphatic heterocycles. The smallest absolute Gasteiger partial charge is 0.354 e. The first-order chi connectivity index (χ1) is 12.9. The quantitative estimate of drug-likeness (QED) is 0.536. The van der Waals surface area contributed by atoms with Crippen molar-refractivity contribution >= 4 is 33.7 Å². The number of ether oxygens (including phenoxy) is 2. The Morgan fingerprint density at radius 1 is 0.815 bits per heavy atom. The Labute approximate surface area is 153 Å². The van der Waals surface area contributed by atoms with E-state index in [1.165, 1.54) is 6.07 Å². The van der Waals surface area contributed by atoms with Crippen molar-refractivity contribution in [2.45, 2.75) is 20.8 Å². The van der Waals surface area contributed by atoms with Gasteiger partial charge in [-0.25, -0.2) is 9.59 Å². The Hall–Kier alpha value is -3.42. The zero-order chi connectivity index (χ0) is 19.7. The molecule has 0 bridgehead atoms. The zero-order valence-corrected chi connectivity index (χ0v) is 15.1. The summed E-state index contributed by atoms with van der Waals surface area (Å²) in [6, 6.07) is 3.73. The average Bonchev–Trinajstić information content (AvgIpc) is 2.63. The van der Waals surface area contributed by atoms with Gasteiger partial charge in [0.1, 0.15) is 11.4 Å². The van der Waals surface area contributed by atoms with Crippen LogP contribution in [-0.2, 0) is 9.47 Å². The van der Waals surface area contributed by atoms with Crippen LogP contribution in [0.5, 0.6) is 0 Å². The highest BCUT2D eigenvalue weighted by atomic mass is 16.5. The third kappa shape index (κ3) is 3.21. The molecule has 8 heteroatoms. The van der Waals surface area contributed by atoms with Gasteiger partial charge in [0.15, 0.2) is 10.9 Å². The molecule has 0 radical (unpaired) electrons. The summed E-state index contributed by atoms with van der Waals surface area (Å²) in [6.45, 7) is 5.35. The molecule has 27 heavy (non-hydrogen) atoms. The summed E-state index contributed by atoms with van der Waals surface area (Å²) >= 11 is 0. The maximum absolute atomic E-state index is 12.5. The molecule has 2 N–H and O–H groups in total. The number of nitrogens with one attached hydrogen (secondary N) is 2. The van der Waals surface area contributed by atoms with Gasteiger partial charge in [-0.3, -0.25) is 9.59 Å². The number of aromatic nitrogens is 2. The minimum absolute atomic E-state index is 0.0145.